The first-order valence-corrected chi connectivity index (χ1v) is 7.58. The SMILES string of the molecule is COC1CN(C(=O)c2ccc(-c3noc(C(F)(F)F)c3C)s2)C1. The largest absolute Gasteiger partial charge is 0.452 e. The van der Waals surface area contributed by atoms with Crippen LogP contribution in [0.25, 0.3) is 10.6 Å². The molecular weight excluding hydrogens is 333 g/mol. The summed E-state index contributed by atoms with van der Waals surface area (Å²) in [4.78, 5) is 14.8. The molecule has 1 fully saturated rings. The minimum Gasteiger partial charge on any atom is -0.378 e. The first kappa shape index (κ1) is 16.0. The Bertz CT molecular complexity index is 732. The average molecular weight is 346 g/mol. The normalized spacial score (nSPS) is 15.8. The van der Waals surface area contributed by atoms with Crippen LogP contribution in [0, 0.1) is 6.92 Å². The van der Waals surface area contributed by atoms with Gasteiger partial charge in [-0.1, -0.05) is 5.16 Å². The third kappa shape index (κ3) is 2.86. The van der Waals surface area contributed by atoms with Gasteiger partial charge < -0.3 is 14.2 Å². The van der Waals surface area contributed by atoms with Crippen molar-refractivity contribution in [1.29, 1.82) is 0 Å². The summed E-state index contributed by atoms with van der Waals surface area (Å²) in [5.41, 5.74) is 0.0292. The van der Waals surface area contributed by atoms with E-state index in [9.17, 15) is 18.0 Å². The molecule has 124 valence electrons. The van der Waals surface area contributed by atoms with Gasteiger partial charge in [-0.15, -0.1) is 11.3 Å². The summed E-state index contributed by atoms with van der Waals surface area (Å²) in [7, 11) is 1.58. The number of carbonyl (C=O) groups excluding carboxylic acids is 1. The number of halogens is 3. The Morgan fingerprint density at radius 2 is 2.13 bits per heavy atom. The zero-order valence-electron chi connectivity index (χ0n) is 12.3. The Labute approximate surface area is 133 Å². The van der Waals surface area contributed by atoms with Gasteiger partial charge in [-0.3, -0.25) is 4.79 Å². The molecule has 0 aromatic carbocycles. The molecule has 9 heteroatoms. The van der Waals surface area contributed by atoms with Gasteiger partial charge >= 0.3 is 6.18 Å². The summed E-state index contributed by atoms with van der Waals surface area (Å²) in [6, 6.07) is 3.17. The summed E-state index contributed by atoms with van der Waals surface area (Å²) < 4.78 is 47.7. The minimum atomic E-state index is -4.59. The highest BCUT2D eigenvalue weighted by Gasteiger charge is 2.39. The van der Waals surface area contributed by atoms with Gasteiger partial charge in [-0.05, 0) is 19.1 Å². The quantitative estimate of drug-likeness (QED) is 0.856. The number of ether oxygens (including phenoxy) is 1. The first-order valence-electron chi connectivity index (χ1n) is 6.77. The van der Waals surface area contributed by atoms with Crippen molar-refractivity contribution in [1.82, 2.24) is 10.1 Å². The Balaban J connectivity index is 1.80. The molecule has 5 nitrogen and oxygen atoms in total. The molecule has 0 spiro atoms. The number of methoxy groups -OCH3 is 1. The van der Waals surface area contributed by atoms with Crippen molar-refractivity contribution in [3.8, 4) is 10.6 Å². The van der Waals surface area contributed by atoms with E-state index in [0.717, 1.165) is 11.3 Å². The van der Waals surface area contributed by atoms with Gasteiger partial charge in [-0.2, -0.15) is 13.2 Å². The number of amides is 1. The molecule has 3 rings (SSSR count). The van der Waals surface area contributed by atoms with Crippen LogP contribution in [-0.2, 0) is 10.9 Å². The van der Waals surface area contributed by atoms with Gasteiger partial charge in [0.2, 0.25) is 5.76 Å². The van der Waals surface area contributed by atoms with E-state index in [1.807, 2.05) is 0 Å². The highest BCUT2D eigenvalue weighted by Crippen LogP contribution is 2.38. The van der Waals surface area contributed by atoms with E-state index in [2.05, 4.69) is 9.68 Å². The highest BCUT2D eigenvalue weighted by atomic mass is 32.1. The molecule has 1 amide bonds. The number of aromatic nitrogens is 1. The lowest BCUT2D eigenvalue weighted by Crippen LogP contribution is -2.54. The van der Waals surface area contributed by atoms with Crippen molar-refractivity contribution in [3.05, 3.63) is 28.3 Å². The van der Waals surface area contributed by atoms with Crippen LogP contribution in [0.15, 0.2) is 16.7 Å². The maximum Gasteiger partial charge on any atom is 0.452 e. The number of hydrogen-bond acceptors (Lipinski definition) is 5. The Kier molecular flexibility index (Phi) is 3.93. The van der Waals surface area contributed by atoms with Gasteiger partial charge in [0.05, 0.1) is 15.9 Å². The molecular formula is C14H13F3N2O3S. The Morgan fingerprint density at radius 1 is 1.43 bits per heavy atom. The van der Waals surface area contributed by atoms with Crippen LogP contribution in [0.5, 0.6) is 0 Å². The maximum atomic E-state index is 12.7. The van der Waals surface area contributed by atoms with Crippen LogP contribution in [0.1, 0.15) is 21.0 Å². The van der Waals surface area contributed by atoms with Crippen molar-refractivity contribution in [2.75, 3.05) is 20.2 Å². The van der Waals surface area contributed by atoms with Gasteiger partial charge in [0.15, 0.2) is 0 Å². The third-order valence-corrected chi connectivity index (χ3v) is 4.78. The molecule has 0 bridgehead atoms. The van der Waals surface area contributed by atoms with Crippen molar-refractivity contribution >= 4 is 17.2 Å². The molecule has 23 heavy (non-hydrogen) atoms. The van der Waals surface area contributed by atoms with E-state index in [1.54, 1.807) is 24.1 Å². The van der Waals surface area contributed by atoms with Crippen molar-refractivity contribution < 1.29 is 27.2 Å². The lowest BCUT2D eigenvalue weighted by atomic mass is 10.1. The summed E-state index contributed by atoms with van der Waals surface area (Å²) in [6.45, 7) is 2.34. The molecule has 0 N–H and O–H groups in total. The second kappa shape index (κ2) is 5.64. The smallest absolute Gasteiger partial charge is 0.378 e. The van der Waals surface area contributed by atoms with Gasteiger partial charge in [0, 0.05) is 25.8 Å². The van der Waals surface area contributed by atoms with Crippen LogP contribution in [0.3, 0.4) is 0 Å². The summed E-state index contributed by atoms with van der Waals surface area (Å²) in [6.07, 6.45) is -4.54. The van der Waals surface area contributed by atoms with Crippen LogP contribution >= 0.6 is 11.3 Å². The fraction of sp³-hybridized carbons (Fsp3) is 0.429. The standard InChI is InChI=1S/C14H13F3N2O3S/c1-7-11(18-22-12(7)14(15,16)17)9-3-4-10(23-9)13(20)19-5-8(6-19)21-2/h3-4,8H,5-6H2,1-2H3. The second-order valence-corrected chi connectivity index (χ2v) is 6.30. The van der Waals surface area contributed by atoms with Gasteiger partial charge in [0.25, 0.3) is 5.91 Å². The maximum absolute atomic E-state index is 12.7. The monoisotopic (exact) mass is 346 g/mol. The second-order valence-electron chi connectivity index (χ2n) is 5.21. The molecule has 1 aliphatic heterocycles. The highest BCUT2D eigenvalue weighted by molar-refractivity contribution is 7.17. The average Bonchev–Trinajstić information content (AvgIpc) is 3.02. The Morgan fingerprint density at radius 3 is 2.70 bits per heavy atom. The van der Waals surface area contributed by atoms with E-state index >= 15 is 0 Å². The van der Waals surface area contributed by atoms with Crippen LogP contribution in [0.4, 0.5) is 13.2 Å². The van der Waals surface area contributed by atoms with Crippen molar-refractivity contribution in [2.45, 2.75) is 19.2 Å². The van der Waals surface area contributed by atoms with E-state index in [1.165, 1.54) is 6.92 Å². The van der Waals surface area contributed by atoms with E-state index in [4.69, 9.17) is 4.74 Å². The lowest BCUT2D eigenvalue weighted by Gasteiger charge is -2.37. The van der Waals surface area contributed by atoms with E-state index in [-0.39, 0.29) is 23.3 Å². The van der Waals surface area contributed by atoms with Crippen LogP contribution in [0.2, 0.25) is 0 Å². The van der Waals surface area contributed by atoms with E-state index < -0.39 is 11.9 Å². The lowest BCUT2D eigenvalue weighted by molar-refractivity contribution is -0.156. The molecule has 0 aliphatic carbocycles. The summed E-state index contributed by atoms with van der Waals surface area (Å²) in [5.74, 6) is -1.27. The zero-order chi connectivity index (χ0) is 16.8. The molecule has 3 heterocycles. The minimum absolute atomic E-state index is 0.0468. The molecule has 0 unspecified atom stereocenters. The number of thiophene rings is 1. The van der Waals surface area contributed by atoms with Gasteiger partial charge in [0.1, 0.15) is 5.69 Å². The van der Waals surface area contributed by atoms with E-state index in [0.29, 0.717) is 22.8 Å². The Hall–Kier alpha value is -1.87. The third-order valence-electron chi connectivity index (χ3n) is 3.70. The molecule has 2 aromatic heterocycles. The van der Waals surface area contributed by atoms with Crippen LogP contribution < -0.4 is 0 Å². The summed E-state index contributed by atoms with van der Waals surface area (Å²) >= 11 is 1.10. The molecule has 1 aliphatic rings. The predicted octanol–water partition coefficient (Wildman–Crippen LogP) is 3.20. The predicted molar refractivity (Wildman–Crippen MR) is 76.3 cm³/mol. The van der Waals surface area contributed by atoms with Crippen molar-refractivity contribution in [2.24, 2.45) is 0 Å². The number of nitrogens with zero attached hydrogens (tertiary/aromatic N) is 2. The fourth-order valence-electron chi connectivity index (χ4n) is 2.32. The number of carbonyl (C=O) groups is 1. The zero-order valence-corrected chi connectivity index (χ0v) is 13.1. The number of rotatable bonds is 3. The van der Waals surface area contributed by atoms with Gasteiger partial charge in [-0.25, -0.2) is 0 Å². The van der Waals surface area contributed by atoms with Crippen molar-refractivity contribution in [3.63, 3.8) is 0 Å². The number of alkyl halides is 3. The molecule has 0 saturated carbocycles. The molecule has 0 atom stereocenters. The number of likely N-dealkylation sites (tertiary alicyclic amines) is 1. The molecule has 2 aromatic rings. The number of hydrogen-bond donors (Lipinski definition) is 0. The van der Waals surface area contributed by atoms with Crippen LogP contribution in [-0.4, -0.2) is 42.3 Å². The topological polar surface area (TPSA) is 55.6 Å². The molecule has 0 radical (unpaired) electrons. The fourth-order valence-corrected chi connectivity index (χ4v) is 3.33. The molecule has 1 saturated heterocycles. The summed E-state index contributed by atoms with van der Waals surface area (Å²) in [5, 5.41) is 3.50. The first-order chi connectivity index (χ1) is 10.8.